The van der Waals surface area contributed by atoms with Gasteiger partial charge in [-0.1, -0.05) is 24.6 Å². The summed E-state index contributed by atoms with van der Waals surface area (Å²) in [6, 6.07) is 5.36. The van der Waals surface area contributed by atoms with Gasteiger partial charge in [0.05, 0.1) is 10.7 Å². The SMILES string of the molecule is CCCNc1nccc(C(=O)Nc2c(C)cc(C)cc2Cl)n1. The van der Waals surface area contributed by atoms with Crippen molar-refractivity contribution in [3.8, 4) is 0 Å². The molecule has 1 heterocycles. The van der Waals surface area contributed by atoms with Gasteiger partial charge in [0.15, 0.2) is 0 Å². The summed E-state index contributed by atoms with van der Waals surface area (Å²) in [4.78, 5) is 20.6. The van der Waals surface area contributed by atoms with E-state index in [1.54, 1.807) is 12.3 Å². The zero-order chi connectivity index (χ0) is 16.1. The van der Waals surface area contributed by atoms with Crippen molar-refractivity contribution in [1.82, 2.24) is 9.97 Å². The van der Waals surface area contributed by atoms with E-state index in [0.717, 1.165) is 24.1 Å². The van der Waals surface area contributed by atoms with E-state index in [9.17, 15) is 4.79 Å². The smallest absolute Gasteiger partial charge is 0.274 e. The van der Waals surface area contributed by atoms with Crippen LogP contribution in [0.15, 0.2) is 24.4 Å². The molecule has 0 saturated heterocycles. The number of nitrogens with one attached hydrogen (secondary N) is 2. The number of aromatic nitrogens is 2. The number of amides is 1. The van der Waals surface area contributed by atoms with Crippen molar-refractivity contribution in [2.75, 3.05) is 17.2 Å². The molecule has 0 aliphatic carbocycles. The zero-order valence-electron chi connectivity index (χ0n) is 12.9. The van der Waals surface area contributed by atoms with Crippen molar-refractivity contribution in [3.63, 3.8) is 0 Å². The average molecular weight is 319 g/mol. The van der Waals surface area contributed by atoms with Crippen molar-refractivity contribution in [3.05, 3.63) is 46.2 Å². The van der Waals surface area contributed by atoms with Gasteiger partial charge in [0.25, 0.3) is 5.91 Å². The molecule has 1 amide bonds. The number of rotatable bonds is 5. The number of aryl methyl sites for hydroxylation is 2. The van der Waals surface area contributed by atoms with Crippen LogP contribution in [0.4, 0.5) is 11.6 Å². The van der Waals surface area contributed by atoms with Gasteiger partial charge in [-0.05, 0) is 43.5 Å². The minimum absolute atomic E-state index is 0.296. The van der Waals surface area contributed by atoms with Crippen LogP contribution in [0.3, 0.4) is 0 Å². The van der Waals surface area contributed by atoms with Gasteiger partial charge in [-0.15, -0.1) is 0 Å². The molecule has 0 radical (unpaired) electrons. The first-order valence-corrected chi connectivity index (χ1v) is 7.54. The summed E-state index contributed by atoms with van der Waals surface area (Å²) in [5.41, 5.74) is 2.87. The summed E-state index contributed by atoms with van der Waals surface area (Å²) < 4.78 is 0. The normalized spacial score (nSPS) is 10.4. The zero-order valence-corrected chi connectivity index (χ0v) is 13.7. The number of anilines is 2. The number of hydrogen-bond acceptors (Lipinski definition) is 4. The van der Waals surface area contributed by atoms with Gasteiger partial charge in [-0.25, -0.2) is 9.97 Å². The summed E-state index contributed by atoms with van der Waals surface area (Å²) in [6.45, 7) is 6.67. The Balaban J connectivity index is 2.19. The predicted molar refractivity (Wildman–Crippen MR) is 89.7 cm³/mol. The van der Waals surface area contributed by atoms with Gasteiger partial charge in [0, 0.05) is 12.7 Å². The Morgan fingerprint density at radius 3 is 2.77 bits per heavy atom. The quantitative estimate of drug-likeness (QED) is 0.879. The third-order valence-corrected chi connectivity index (χ3v) is 3.39. The number of carbonyl (C=O) groups excluding carboxylic acids is 1. The monoisotopic (exact) mass is 318 g/mol. The van der Waals surface area contributed by atoms with Crippen LogP contribution in [0, 0.1) is 13.8 Å². The van der Waals surface area contributed by atoms with Crippen LogP contribution in [0.2, 0.25) is 5.02 Å². The largest absolute Gasteiger partial charge is 0.354 e. The Hall–Kier alpha value is -2.14. The third-order valence-electron chi connectivity index (χ3n) is 3.09. The van der Waals surface area contributed by atoms with E-state index in [2.05, 4.69) is 20.6 Å². The summed E-state index contributed by atoms with van der Waals surface area (Å²) in [7, 11) is 0. The molecule has 1 aromatic heterocycles. The fraction of sp³-hybridized carbons (Fsp3) is 0.312. The van der Waals surface area contributed by atoms with Crippen LogP contribution < -0.4 is 10.6 Å². The van der Waals surface area contributed by atoms with Gasteiger partial charge in [0.2, 0.25) is 5.95 Å². The lowest BCUT2D eigenvalue weighted by molar-refractivity contribution is 0.102. The first-order chi connectivity index (χ1) is 10.5. The molecule has 2 rings (SSSR count). The first kappa shape index (κ1) is 16.2. The molecule has 0 bridgehead atoms. The molecule has 22 heavy (non-hydrogen) atoms. The van der Waals surface area contributed by atoms with Gasteiger partial charge < -0.3 is 10.6 Å². The minimum atomic E-state index is -0.309. The summed E-state index contributed by atoms with van der Waals surface area (Å²) in [5.74, 6) is 0.136. The summed E-state index contributed by atoms with van der Waals surface area (Å²) in [5, 5.41) is 6.39. The van der Waals surface area contributed by atoms with Crippen molar-refractivity contribution >= 4 is 29.1 Å². The Labute approximate surface area is 135 Å². The highest BCUT2D eigenvalue weighted by atomic mass is 35.5. The maximum Gasteiger partial charge on any atom is 0.274 e. The molecule has 0 unspecified atom stereocenters. The molecule has 116 valence electrons. The van der Waals surface area contributed by atoms with Gasteiger partial charge >= 0.3 is 0 Å². The summed E-state index contributed by atoms with van der Waals surface area (Å²) in [6.07, 6.45) is 2.52. The van der Waals surface area contributed by atoms with Gasteiger partial charge in [-0.2, -0.15) is 0 Å². The number of halogens is 1. The molecule has 2 N–H and O–H groups in total. The first-order valence-electron chi connectivity index (χ1n) is 7.16. The molecule has 0 aliphatic heterocycles. The molecule has 1 aromatic carbocycles. The maximum absolute atomic E-state index is 12.3. The Morgan fingerprint density at radius 1 is 1.32 bits per heavy atom. The van der Waals surface area contributed by atoms with Crippen LogP contribution in [0.25, 0.3) is 0 Å². The minimum Gasteiger partial charge on any atom is -0.354 e. The Bertz CT molecular complexity index is 665. The van der Waals surface area contributed by atoms with E-state index in [1.807, 2.05) is 32.9 Å². The Kier molecular flexibility index (Phi) is 5.33. The number of hydrogen-bond donors (Lipinski definition) is 2. The molecule has 6 heteroatoms. The van der Waals surface area contributed by atoms with Crippen molar-refractivity contribution < 1.29 is 4.79 Å². The van der Waals surface area contributed by atoms with Gasteiger partial charge in [0.1, 0.15) is 5.69 Å². The lowest BCUT2D eigenvalue weighted by atomic mass is 10.1. The highest BCUT2D eigenvalue weighted by Crippen LogP contribution is 2.27. The van der Waals surface area contributed by atoms with E-state index < -0.39 is 0 Å². The topological polar surface area (TPSA) is 66.9 Å². The predicted octanol–water partition coefficient (Wildman–Crippen LogP) is 3.82. The van der Waals surface area contributed by atoms with Gasteiger partial charge in [-0.3, -0.25) is 4.79 Å². The molecular formula is C16H19ClN4O. The molecule has 0 aliphatic rings. The summed E-state index contributed by atoms with van der Waals surface area (Å²) >= 11 is 6.21. The number of benzene rings is 1. The lowest BCUT2D eigenvalue weighted by Crippen LogP contribution is -2.16. The van der Waals surface area contributed by atoms with Crippen LogP contribution in [-0.2, 0) is 0 Å². The fourth-order valence-electron chi connectivity index (χ4n) is 2.06. The van der Waals surface area contributed by atoms with Crippen LogP contribution in [-0.4, -0.2) is 22.4 Å². The van der Waals surface area contributed by atoms with E-state index in [4.69, 9.17) is 11.6 Å². The molecule has 2 aromatic rings. The van der Waals surface area contributed by atoms with Crippen molar-refractivity contribution in [1.29, 1.82) is 0 Å². The van der Waals surface area contributed by atoms with E-state index in [1.165, 1.54) is 0 Å². The molecule has 5 nitrogen and oxygen atoms in total. The third kappa shape index (κ3) is 3.95. The van der Waals surface area contributed by atoms with E-state index in [0.29, 0.717) is 22.4 Å². The molecule has 0 atom stereocenters. The van der Waals surface area contributed by atoms with E-state index in [-0.39, 0.29) is 5.91 Å². The standard InChI is InChI=1S/C16H19ClN4O/c1-4-6-18-16-19-7-5-13(20-16)15(22)21-14-11(3)8-10(2)9-12(14)17/h5,7-9H,4,6H2,1-3H3,(H,21,22)(H,18,19,20). The maximum atomic E-state index is 12.3. The van der Waals surface area contributed by atoms with Crippen LogP contribution in [0.5, 0.6) is 0 Å². The second-order valence-corrected chi connectivity index (χ2v) is 5.49. The Morgan fingerprint density at radius 2 is 2.09 bits per heavy atom. The highest BCUT2D eigenvalue weighted by molar-refractivity contribution is 6.34. The molecule has 0 spiro atoms. The number of nitrogens with zero attached hydrogens (tertiary/aromatic N) is 2. The number of carbonyl (C=O) groups is 1. The highest BCUT2D eigenvalue weighted by Gasteiger charge is 2.13. The van der Waals surface area contributed by atoms with Crippen LogP contribution >= 0.6 is 11.6 Å². The lowest BCUT2D eigenvalue weighted by Gasteiger charge is -2.11. The second kappa shape index (κ2) is 7.22. The average Bonchev–Trinajstić information content (AvgIpc) is 2.49. The van der Waals surface area contributed by atoms with E-state index >= 15 is 0 Å². The second-order valence-electron chi connectivity index (χ2n) is 5.09. The molecule has 0 fully saturated rings. The fourth-order valence-corrected chi connectivity index (χ4v) is 2.43. The molecular weight excluding hydrogens is 300 g/mol. The van der Waals surface area contributed by atoms with Crippen molar-refractivity contribution in [2.45, 2.75) is 27.2 Å². The van der Waals surface area contributed by atoms with Crippen LogP contribution in [0.1, 0.15) is 35.0 Å². The van der Waals surface area contributed by atoms with Crippen molar-refractivity contribution in [2.24, 2.45) is 0 Å². The molecule has 0 saturated carbocycles.